The van der Waals surface area contributed by atoms with Crippen LogP contribution in [0.25, 0.3) is 10.2 Å². The normalized spacial score (nSPS) is 17.4. The van der Waals surface area contributed by atoms with Crippen LogP contribution in [0.1, 0.15) is 23.4 Å². The molecule has 18 heavy (non-hydrogen) atoms. The van der Waals surface area contributed by atoms with Crippen LogP contribution in [0.3, 0.4) is 0 Å². The van der Waals surface area contributed by atoms with Crippen molar-refractivity contribution in [2.75, 3.05) is 13.2 Å². The molecule has 2 heterocycles. The van der Waals surface area contributed by atoms with E-state index in [0.717, 1.165) is 43.1 Å². The topological polar surface area (TPSA) is 34.2 Å². The quantitative estimate of drug-likeness (QED) is 0.923. The van der Waals surface area contributed by atoms with E-state index in [9.17, 15) is 0 Å². The van der Waals surface area contributed by atoms with Gasteiger partial charge in [0.1, 0.15) is 0 Å². The summed E-state index contributed by atoms with van der Waals surface area (Å²) in [5, 5.41) is 4.75. The van der Waals surface area contributed by atoms with Gasteiger partial charge in [-0.3, -0.25) is 0 Å². The van der Waals surface area contributed by atoms with Crippen molar-refractivity contribution in [2.24, 2.45) is 0 Å². The van der Waals surface area contributed by atoms with Crippen molar-refractivity contribution in [3.05, 3.63) is 28.8 Å². The predicted octanol–water partition coefficient (Wildman–Crippen LogP) is 2.87. The molecule has 3 rings (SSSR count). The van der Waals surface area contributed by atoms with E-state index in [-0.39, 0.29) is 0 Å². The molecule has 0 spiro atoms. The number of hydrogen-bond donors (Lipinski definition) is 1. The van der Waals surface area contributed by atoms with E-state index < -0.39 is 0 Å². The number of fused-ring (bicyclic) bond motifs is 1. The highest BCUT2D eigenvalue weighted by atomic mass is 32.1. The minimum Gasteiger partial charge on any atom is -0.381 e. The molecule has 1 aromatic carbocycles. The van der Waals surface area contributed by atoms with Crippen molar-refractivity contribution >= 4 is 21.6 Å². The first-order chi connectivity index (χ1) is 8.81. The van der Waals surface area contributed by atoms with E-state index in [0.29, 0.717) is 6.04 Å². The van der Waals surface area contributed by atoms with Gasteiger partial charge in [0.05, 0.1) is 15.2 Å². The summed E-state index contributed by atoms with van der Waals surface area (Å²) < 4.78 is 6.66. The first kappa shape index (κ1) is 12.1. The molecule has 0 bridgehead atoms. The number of aromatic nitrogens is 1. The van der Waals surface area contributed by atoms with Gasteiger partial charge in [-0.15, -0.1) is 11.3 Å². The van der Waals surface area contributed by atoms with Crippen molar-refractivity contribution in [1.29, 1.82) is 0 Å². The highest BCUT2D eigenvalue weighted by molar-refractivity contribution is 7.18. The Hall–Kier alpha value is -0.970. The Bertz CT molecular complexity index is 532. The second kappa shape index (κ2) is 5.34. The van der Waals surface area contributed by atoms with E-state index in [4.69, 9.17) is 4.74 Å². The molecule has 96 valence electrons. The van der Waals surface area contributed by atoms with Gasteiger partial charge in [-0.1, -0.05) is 6.07 Å². The zero-order chi connectivity index (χ0) is 12.4. The summed E-state index contributed by atoms with van der Waals surface area (Å²) in [6, 6.07) is 7.16. The minimum atomic E-state index is 0.609. The third-order valence-corrected chi connectivity index (χ3v) is 4.31. The number of nitrogens with zero attached hydrogens (tertiary/aromatic N) is 1. The number of ether oxygens (including phenoxy) is 1. The second-order valence-electron chi connectivity index (χ2n) is 4.80. The fourth-order valence-electron chi connectivity index (χ4n) is 2.36. The zero-order valence-corrected chi connectivity index (χ0v) is 11.4. The summed E-state index contributed by atoms with van der Waals surface area (Å²) in [6.07, 6.45) is 2.25. The molecule has 0 atom stereocenters. The fourth-order valence-corrected chi connectivity index (χ4v) is 3.25. The van der Waals surface area contributed by atoms with Gasteiger partial charge in [0.25, 0.3) is 0 Å². The number of nitrogens with one attached hydrogen (secondary N) is 1. The maximum absolute atomic E-state index is 5.37. The summed E-state index contributed by atoms with van der Waals surface area (Å²) >= 11 is 1.77. The first-order valence-electron chi connectivity index (χ1n) is 6.48. The molecule has 0 saturated carbocycles. The fraction of sp³-hybridized carbons (Fsp3) is 0.500. The summed E-state index contributed by atoms with van der Waals surface area (Å²) in [4.78, 5) is 4.49. The van der Waals surface area contributed by atoms with Crippen LogP contribution in [0.5, 0.6) is 0 Å². The van der Waals surface area contributed by atoms with Crippen LogP contribution in [0.2, 0.25) is 0 Å². The molecular weight excluding hydrogens is 244 g/mol. The van der Waals surface area contributed by atoms with Crippen LogP contribution in [0.4, 0.5) is 0 Å². The SMILES string of the molecule is Cc1nc2ccc(CNC3CCOCC3)cc2s1. The van der Waals surface area contributed by atoms with Gasteiger partial charge in [-0.05, 0) is 37.5 Å². The Morgan fingerprint density at radius 3 is 3.06 bits per heavy atom. The maximum Gasteiger partial charge on any atom is 0.0907 e. The maximum atomic E-state index is 5.37. The Balaban J connectivity index is 1.66. The van der Waals surface area contributed by atoms with Gasteiger partial charge >= 0.3 is 0 Å². The Labute approximate surface area is 111 Å². The van der Waals surface area contributed by atoms with E-state index in [1.807, 2.05) is 0 Å². The molecule has 3 nitrogen and oxygen atoms in total. The van der Waals surface area contributed by atoms with Gasteiger partial charge in [0.15, 0.2) is 0 Å². The highest BCUT2D eigenvalue weighted by Crippen LogP contribution is 2.22. The third kappa shape index (κ3) is 2.71. The average Bonchev–Trinajstić information content (AvgIpc) is 2.77. The Kier molecular flexibility index (Phi) is 3.59. The highest BCUT2D eigenvalue weighted by Gasteiger charge is 2.12. The van der Waals surface area contributed by atoms with Gasteiger partial charge in [0, 0.05) is 25.8 Å². The molecule has 4 heteroatoms. The molecule has 1 aliphatic rings. The zero-order valence-electron chi connectivity index (χ0n) is 10.6. The number of hydrogen-bond acceptors (Lipinski definition) is 4. The van der Waals surface area contributed by atoms with Gasteiger partial charge in [-0.25, -0.2) is 4.98 Å². The van der Waals surface area contributed by atoms with Crippen LogP contribution in [-0.2, 0) is 11.3 Å². The largest absolute Gasteiger partial charge is 0.381 e. The second-order valence-corrected chi connectivity index (χ2v) is 6.04. The lowest BCUT2D eigenvalue weighted by Crippen LogP contribution is -2.34. The van der Waals surface area contributed by atoms with E-state index in [2.05, 4.69) is 35.4 Å². The van der Waals surface area contributed by atoms with Gasteiger partial charge in [-0.2, -0.15) is 0 Å². The van der Waals surface area contributed by atoms with Crippen LogP contribution in [0, 0.1) is 6.92 Å². The van der Waals surface area contributed by atoms with Crippen molar-refractivity contribution in [2.45, 2.75) is 32.4 Å². The van der Waals surface area contributed by atoms with Crippen LogP contribution in [0.15, 0.2) is 18.2 Å². The van der Waals surface area contributed by atoms with Gasteiger partial charge < -0.3 is 10.1 Å². The molecular formula is C14H18N2OS. The molecule has 0 radical (unpaired) electrons. The Morgan fingerprint density at radius 1 is 1.39 bits per heavy atom. The summed E-state index contributed by atoms with van der Waals surface area (Å²) in [6.45, 7) is 4.79. The molecule has 1 N–H and O–H groups in total. The Morgan fingerprint density at radius 2 is 2.22 bits per heavy atom. The first-order valence-corrected chi connectivity index (χ1v) is 7.30. The third-order valence-electron chi connectivity index (χ3n) is 3.38. The molecule has 0 unspecified atom stereocenters. The van der Waals surface area contributed by atoms with Crippen molar-refractivity contribution in [1.82, 2.24) is 10.3 Å². The van der Waals surface area contributed by atoms with E-state index in [1.165, 1.54) is 10.3 Å². The van der Waals surface area contributed by atoms with Crippen molar-refractivity contribution in [3.63, 3.8) is 0 Å². The lowest BCUT2D eigenvalue weighted by atomic mass is 10.1. The molecule has 1 fully saturated rings. The molecule has 0 aliphatic carbocycles. The van der Waals surface area contributed by atoms with Crippen LogP contribution >= 0.6 is 11.3 Å². The van der Waals surface area contributed by atoms with Crippen LogP contribution in [-0.4, -0.2) is 24.2 Å². The monoisotopic (exact) mass is 262 g/mol. The predicted molar refractivity (Wildman–Crippen MR) is 75.0 cm³/mol. The summed E-state index contributed by atoms with van der Waals surface area (Å²) in [5.41, 5.74) is 2.46. The minimum absolute atomic E-state index is 0.609. The average molecular weight is 262 g/mol. The summed E-state index contributed by atoms with van der Waals surface area (Å²) in [7, 11) is 0. The van der Waals surface area contributed by atoms with E-state index in [1.54, 1.807) is 11.3 Å². The molecule has 1 saturated heterocycles. The number of rotatable bonds is 3. The lowest BCUT2D eigenvalue weighted by molar-refractivity contribution is 0.0776. The molecule has 2 aromatic rings. The molecule has 0 amide bonds. The number of benzene rings is 1. The smallest absolute Gasteiger partial charge is 0.0907 e. The lowest BCUT2D eigenvalue weighted by Gasteiger charge is -2.23. The molecule has 1 aliphatic heterocycles. The van der Waals surface area contributed by atoms with Gasteiger partial charge in [0.2, 0.25) is 0 Å². The van der Waals surface area contributed by atoms with Crippen LogP contribution < -0.4 is 5.32 Å². The van der Waals surface area contributed by atoms with Crippen molar-refractivity contribution in [3.8, 4) is 0 Å². The number of aryl methyl sites for hydroxylation is 1. The van der Waals surface area contributed by atoms with E-state index >= 15 is 0 Å². The number of thiazole rings is 1. The van der Waals surface area contributed by atoms with Crippen molar-refractivity contribution < 1.29 is 4.74 Å². The standard InChI is InChI=1S/C14H18N2OS/c1-10-16-13-3-2-11(8-14(13)18-10)9-15-12-4-6-17-7-5-12/h2-3,8,12,15H,4-7,9H2,1H3. The molecule has 1 aromatic heterocycles. The summed E-state index contributed by atoms with van der Waals surface area (Å²) in [5.74, 6) is 0.